The molecule has 1 aromatic carbocycles. The standard InChI is InChI=1S/C10H12Cl2O/c1-5(2)9-6(3)7(11)4-8(12)10(9)13/h4-5,13H,1-3H3. The normalized spacial score (nSPS) is 10.9. The van der Waals surface area contributed by atoms with Gasteiger partial charge in [0.05, 0.1) is 5.02 Å². The first-order valence-electron chi connectivity index (χ1n) is 4.12. The molecule has 0 aliphatic carbocycles. The van der Waals surface area contributed by atoms with E-state index in [9.17, 15) is 5.11 Å². The van der Waals surface area contributed by atoms with E-state index in [1.54, 1.807) is 6.07 Å². The van der Waals surface area contributed by atoms with Gasteiger partial charge in [0.1, 0.15) is 5.75 Å². The number of hydrogen-bond donors (Lipinski definition) is 1. The SMILES string of the molecule is Cc1c(Cl)cc(Cl)c(O)c1C(C)C. The average molecular weight is 219 g/mol. The summed E-state index contributed by atoms with van der Waals surface area (Å²) in [6.45, 7) is 5.87. The predicted molar refractivity (Wildman–Crippen MR) is 57.0 cm³/mol. The van der Waals surface area contributed by atoms with Crippen molar-refractivity contribution in [1.29, 1.82) is 0 Å². The van der Waals surface area contributed by atoms with Crippen LogP contribution in [-0.2, 0) is 0 Å². The highest BCUT2D eigenvalue weighted by Crippen LogP contribution is 2.38. The second kappa shape index (κ2) is 3.77. The number of halogens is 2. The van der Waals surface area contributed by atoms with E-state index >= 15 is 0 Å². The molecule has 0 atom stereocenters. The van der Waals surface area contributed by atoms with Crippen LogP contribution in [0.4, 0.5) is 0 Å². The quantitative estimate of drug-likeness (QED) is 0.752. The van der Waals surface area contributed by atoms with Gasteiger partial charge in [-0.25, -0.2) is 0 Å². The molecule has 0 fully saturated rings. The van der Waals surface area contributed by atoms with Crippen LogP contribution >= 0.6 is 23.2 Å². The Labute approximate surface area is 88.3 Å². The van der Waals surface area contributed by atoms with Gasteiger partial charge in [-0.2, -0.15) is 0 Å². The molecule has 0 aliphatic rings. The van der Waals surface area contributed by atoms with E-state index in [0.717, 1.165) is 11.1 Å². The molecule has 0 saturated heterocycles. The smallest absolute Gasteiger partial charge is 0.137 e. The summed E-state index contributed by atoms with van der Waals surface area (Å²) in [6.07, 6.45) is 0. The molecule has 0 amide bonds. The second-order valence-electron chi connectivity index (χ2n) is 3.38. The highest BCUT2D eigenvalue weighted by molar-refractivity contribution is 6.36. The van der Waals surface area contributed by atoms with Crippen molar-refractivity contribution in [3.8, 4) is 5.75 Å². The third-order valence-electron chi connectivity index (χ3n) is 2.07. The number of benzene rings is 1. The van der Waals surface area contributed by atoms with Crippen LogP contribution in [0.25, 0.3) is 0 Å². The van der Waals surface area contributed by atoms with Gasteiger partial charge in [0, 0.05) is 10.6 Å². The highest BCUT2D eigenvalue weighted by atomic mass is 35.5. The lowest BCUT2D eigenvalue weighted by Crippen LogP contribution is -1.94. The summed E-state index contributed by atoms with van der Waals surface area (Å²) in [4.78, 5) is 0. The Balaban J connectivity index is 3.46. The van der Waals surface area contributed by atoms with Gasteiger partial charge in [-0.3, -0.25) is 0 Å². The molecule has 0 radical (unpaired) electrons. The van der Waals surface area contributed by atoms with Crippen molar-refractivity contribution in [1.82, 2.24) is 0 Å². The van der Waals surface area contributed by atoms with Gasteiger partial charge in [0.25, 0.3) is 0 Å². The second-order valence-corrected chi connectivity index (χ2v) is 4.20. The summed E-state index contributed by atoms with van der Waals surface area (Å²) in [5.74, 6) is 0.370. The van der Waals surface area contributed by atoms with Gasteiger partial charge in [-0.05, 0) is 24.5 Å². The molecule has 0 bridgehead atoms. The lowest BCUT2D eigenvalue weighted by Gasteiger charge is -2.14. The monoisotopic (exact) mass is 218 g/mol. The van der Waals surface area contributed by atoms with Gasteiger partial charge in [-0.1, -0.05) is 37.0 Å². The summed E-state index contributed by atoms with van der Waals surface area (Å²) in [5.41, 5.74) is 1.73. The molecular formula is C10H12Cl2O. The van der Waals surface area contributed by atoms with Crippen molar-refractivity contribution < 1.29 is 5.11 Å². The van der Waals surface area contributed by atoms with E-state index in [0.29, 0.717) is 10.0 Å². The summed E-state index contributed by atoms with van der Waals surface area (Å²) in [5, 5.41) is 10.6. The van der Waals surface area contributed by atoms with Gasteiger partial charge in [0.15, 0.2) is 0 Å². The van der Waals surface area contributed by atoms with Crippen LogP contribution < -0.4 is 0 Å². The van der Waals surface area contributed by atoms with E-state index in [1.807, 2.05) is 20.8 Å². The van der Waals surface area contributed by atoms with Crippen molar-refractivity contribution in [3.05, 3.63) is 27.2 Å². The Morgan fingerprint density at radius 1 is 1.23 bits per heavy atom. The zero-order valence-corrected chi connectivity index (χ0v) is 9.37. The van der Waals surface area contributed by atoms with Crippen LogP contribution in [0.5, 0.6) is 5.75 Å². The van der Waals surface area contributed by atoms with Crippen LogP contribution in [0.3, 0.4) is 0 Å². The molecule has 13 heavy (non-hydrogen) atoms. The van der Waals surface area contributed by atoms with E-state index in [-0.39, 0.29) is 11.7 Å². The predicted octanol–water partition coefficient (Wildman–Crippen LogP) is 4.13. The maximum Gasteiger partial charge on any atom is 0.137 e. The lowest BCUT2D eigenvalue weighted by atomic mass is 9.97. The molecule has 0 spiro atoms. The molecule has 1 N–H and O–H groups in total. The molecule has 1 rings (SSSR count). The summed E-state index contributed by atoms with van der Waals surface area (Å²) in [6, 6.07) is 1.57. The Morgan fingerprint density at radius 2 is 1.77 bits per heavy atom. The number of phenols is 1. The van der Waals surface area contributed by atoms with Crippen molar-refractivity contribution in [2.24, 2.45) is 0 Å². The fourth-order valence-corrected chi connectivity index (χ4v) is 1.91. The van der Waals surface area contributed by atoms with Crippen LogP contribution in [0.2, 0.25) is 10.0 Å². The van der Waals surface area contributed by atoms with Crippen LogP contribution in [0.1, 0.15) is 30.9 Å². The molecule has 0 aliphatic heterocycles. The molecule has 0 heterocycles. The summed E-state index contributed by atoms with van der Waals surface area (Å²) in [7, 11) is 0. The molecule has 0 aromatic heterocycles. The Kier molecular flexibility index (Phi) is 3.09. The van der Waals surface area contributed by atoms with Gasteiger partial charge in [0.2, 0.25) is 0 Å². The van der Waals surface area contributed by atoms with Gasteiger partial charge < -0.3 is 5.11 Å². The topological polar surface area (TPSA) is 20.2 Å². The van der Waals surface area contributed by atoms with Crippen molar-refractivity contribution in [3.63, 3.8) is 0 Å². The van der Waals surface area contributed by atoms with Gasteiger partial charge >= 0.3 is 0 Å². The van der Waals surface area contributed by atoms with Crippen molar-refractivity contribution >= 4 is 23.2 Å². The average Bonchev–Trinajstić information content (AvgIpc) is 2.01. The van der Waals surface area contributed by atoms with Crippen molar-refractivity contribution in [2.75, 3.05) is 0 Å². The number of hydrogen-bond acceptors (Lipinski definition) is 1. The molecule has 0 saturated carbocycles. The molecule has 1 aromatic rings. The number of phenolic OH excluding ortho intramolecular Hbond substituents is 1. The van der Waals surface area contributed by atoms with E-state index in [4.69, 9.17) is 23.2 Å². The fraction of sp³-hybridized carbons (Fsp3) is 0.400. The molecular weight excluding hydrogens is 207 g/mol. The first-order valence-corrected chi connectivity index (χ1v) is 4.88. The molecule has 1 nitrogen and oxygen atoms in total. The third kappa shape index (κ3) is 1.92. The highest BCUT2D eigenvalue weighted by Gasteiger charge is 2.15. The maximum absolute atomic E-state index is 9.68. The van der Waals surface area contributed by atoms with Gasteiger partial charge in [-0.15, -0.1) is 0 Å². The third-order valence-corrected chi connectivity index (χ3v) is 2.76. The largest absolute Gasteiger partial charge is 0.506 e. The Hall–Kier alpha value is -0.400. The van der Waals surface area contributed by atoms with Crippen LogP contribution in [-0.4, -0.2) is 5.11 Å². The van der Waals surface area contributed by atoms with Crippen molar-refractivity contribution in [2.45, 2.75) is 26.7 Å². The fourth-order valence-electron chi connectivity index (χ4n) is 1.43. The summed E-state index contributed by atoms with van der Waals surface area (Å²) >= 11 is 11.7. The number of rotatable bonds is 1. The minimum absolute atomic E-state index is 0.151. The molecule has 72 valence electrons. The summed E-state index contributed by atoms with van der Waals surface area (Å²) < 4.78 is 0. The minimum atomic E-state index is 0.151. The van der Waals surface area contributed by atoms with E-state index in [2.05, 4.69) is 0 Å². The van der Waals surface area contributed by atoms with E-state index < -0.39 is 0 Å². The minimum Gasteiger partial charge on any atom is -0.506 e. The molecule has 0 unspecified atom stereocenters. The maximum atomic E-state index is 9.68. The Morgan fingerprint density at radius 3 is 2.23 bits per heavy atom. The van der Waals surface area contributed by atoms with E-state index in [1.165, 1.54) is 0 Å². The zero-order valence-electron chi connectivity index (χ0n) is 7.86. The first-order chi connectivity index (χ1) is 5.95. The number of aromatic hydroxyl groups is 1. The lowest BCUT2D eigenvalue weighted by molar-refractivity contribution is 0.464. The van der Waals surface area contributed by atoms with Crippen LogP contribution in [0, 0.1) is 6.92 Å². The van der Waals surface area contributed by atoms with Crippen LogP contribution in [0.15, 0.2) is 6.07 Å². The molecule has 3 heteroatoms. The Bertz CT molecular complexity index is 306. The first kappa shape index (κ1) is 10.7. The zero-order chi connectivity index (χ0) is 10.2.